The van der Waals surface area contributed by atoms with Crippen molar-refractivity contribution in [2.75, 3.05) is 0 Å². The van der Waals surface area contributed by atoms with E-state index in [4.69, 9.17) is 39.5 Å². The van der Waals surface area contributed by atoms with Gasteiger partial charge in [0.2, 0.25) is 5.15 Å². The summed E-state index contributed by atoms with van der Waals surface area (Å²) in [4.78, 5) is 25.2. The maximum absolute atomic E-state index is 11.9. The van der Waals surface area contributed by atoms with Gasteiger partial charge in [0.15, 0.2) is 5.75 Å². The maximum atomic E-state index is 11.9. The van der Waals surface area contributed by atoms with Crippen LogP contribution in [0.15, 0.2) is 46.0 Å². The second-order valence-corrected chi connectivity index (χ2v) is 5.97. The topological polar surface area (TPSA) is 97.2 Å². The number of nitrogens with one attached hydrogen (secondary N) is 1. The van der Waals surface area contributed by atoms with Crippen molar-refractivity contribution in [3.05, 3.63) is 72.4 Å². The first-order chi connectivity index (χ1) is 11.8. The number of aromatic hydroxyl groups is 1. The van der Waals surface area contributed by atoms with Gasteiger partial charge in [-0.2, -0.15) is 4.68 Å². The van der Waals surface area contributed by atoms with E-state index in [9.17, 15) is 14.7 Å². The predicted molar refractivity (Wildman–Crippen MR) is 93.7 cm³/mol. The standard InChI is InChI=1S/C15H8Cl3N3O4/c16-10-4-7(21-15(24)19-14(23)13(18)20-21)5-11(17)12(10)25-9-3-1-2-8(22)6-9/h1-6,22H,(H,19,23,24). The third kappa shape index (κ3) is 3.63. The molecule has 0 saturated heterocycles. The summed E-state index contributed by atoms with van der Waals surface area (Å²) in [5.41, 5.74) is -1.42. The minimum Gasteiger partial charge on any atom is -0.508 e. The SMILES string of the molecule is O=c1[nH]c(=O)n(-c2cc(Cl)c(Oc3cccc(O)c3)c(Cl)c2)nc1Cl. The molecule has 0 spiro atoms. The minimum absolute atomic E-state index is 0.0139. The summed E-state index contributed by atoms with van der Waals surface area (Å²) in [6, 6.07) is 8.80. The lowest BCUT2D eigenvalue weighted by Crippen LogP contribution is -2.31. The van der Waals surface area contributed by atoms with Gasteiger partial charge in [0.05, 0.1) is 15.7 Å². The van der Waals surface area contributed by atoms with Gasteiger partial charge in [0.1, 0.15) is 11.5 Å². The van der Waals surface area contributed by atoms with Crippen LogP contribution in [0.1, 0.15) is 0 Å². The minimum atomic E-state index is -0.803. The molecule has 3 rings (SSSR count). The van der Waals surface area contributed by atoms with Crippen LogP contribution in [0.3, 0.4) is 0 Å². The number of rotatable bonds is 3. The Morgan fingerprint density at radius 2 is 1.76 bits per heavy atom. The van der Waals surface area contributed by atoms with E-state index in [0.29, 0.717) is 5.75 Å². The molecule has 128 valence electrons. The number of aromatic amines is 1. The highest BCUT2D eigenvalue weighted by molar-refractivity contribution is 6.37. The van der Waals surface area contributed by atoms with Crippen molar-refractivity contribution < 1.29 is 9.84 Å². The van der Waals surface area contributed by atoms with Gasteiger partial charge < -0.3 is 9.84 Å². The van der Waals surface area contributed by atoms with Gasteiger partial charge in [0.25, 0.3) is 5.56 Å². The highest BCUT2D eigenvalue weighted by Crippen LogP contribution is 2.38. The highest BCUT2D eigenvalue weighted by atomic mass is 35.5. The molecule has 0 aliphatic heterocycles. The molecule has 25 heavy (non-hydrogen) atoms. The van der Waals surface area contributed by atoms with Gasteiger partial charge >= 0.3 is 5.69 Å². The van der Waals surface area contributed by atoms with Crippen molar-refractivity contribution in [1.29, 1.82) is 0 Å². The number of phenolic OH excluding ortho intramolecular Hbond substituents is 1. The molecule has 0 bridgehead atoms. The van der Waals surface area contributed by atoms with Crippen LogP contribution >= 0.6 is 34.8 Å². The highest BCUT2D eigenvalue weighted by Gasteiger charge is 2.14. The van der Waals surface area contributed by atoms with Gasteiger partial charge in [-0.25, -0.2) is 4.79 Å². The molecule has 0 fully saturated rings. The van der Waals surface area contributed by atoms with E-state index in [2.05, 4.69) is 5.10 Å². The van der Waals surface area contributed by atoms with Crippen LogP contribution in [0.2, 0.25) is 15.2 Å². The molecule has 0 atom stereocenters. The fourth-order valence-corrected chi connectivity index (χ4v) is 2.66. The third-order valence-electron chi connectivity index (χ3n) is 3.05. The fourth-order valence-electron chi connectivity index (χ4n) is 1.99. The van der Waals surface area contributed by atoms with Crippen molar-refractivity contribution in [3.63, 3.8) is 0 Å². The molecule has 1 heterocycles. The smallest absolute Gasteiger partial charge is 0.349 e. The van der Waals surface area contributed by atoms with E-state index in [-0.39, 0.29) is 27.2 Å². The van der Waals surface area contributed by atoms with Crippen LogP contribution in [0, 0.1) is 0 Å². The molecule has 10 heteroatoms. The summed E-state index contributed by atoms with van der Waals surface area (Å²) in [6.07, 6.45) is 0. The Morgan fingerprint density at radius 1 is 1.08 bits per heavy atom. The molecule has 0 amide bonds. The molecule has 0 radical (unpaired) electrons. The molecular weight excluding hydrogens is 393 g/mol. The largest absolute Gasteiger partial charge is 0.508 e. The van der Waals surface area contributed by atoms with Crippen LogP contribution in [0.4, 0.5) is 0 Å². The Bertz CT molecular complexity index is 1060. The first kappa shape index (κ1) is 17.3. The van der Waals surface area contributed by atoms with Crippen molar-refractivity contribution in [1.82, 2.24) is 14.8 Å². The predicted octanol–water partition coefficient (Wildman–Crippen LogP) is 3.38. The number of benzene rings is 2. The zero-order valence-corrected chi connectivity index (χ0v) is 14.4. The fraction of sp³-hybridized carbons (Fsp3) is 0. The zero-order valence-electron chi connectivity index (χ0n) is 12.2. The van der Waals surface area contributed by atoms with Crippen molar-refractivity contribution in [3.8, 4) is 22.9 Å². The number of ether oxygens (including phenoxy) is 1. The summed E-state index contributed by atoms with van der Waals surface area (Å²) in [6.45, 7) is 0. The number of hydrogen-bond donors (Lipinski definition) is 2. The van der Waals surface area contributed by atoms with Crippen molar-refractivity contribution in [2.45, 2.75) is 0 Å². The number of hydrogen-bond acceptors (Lipinski definition) is 5. The quantitative estimate of drug-likeness (QED) is 0.702. The summed E-state index contributed by atoms with van der Waals surface area (Å²) >= 11 is 18.0. The summed E-state index contributed by atoms with van der Waals surface area (Å²) < 4.78 is 6.42. The molecule has 0 aliphatic carbocycles. The van der Waals surface area contributed by atoms with Crippen LogP contribution in [-0.4, -0.2) is 19.9 Å². The molecule has 2 N–H and O–H groups in total. The van der Waals surface area contributed by atoms with E-state index in [1.807, 2.05) is 4.98 Å². The Hall–Kier alpha value is -2.48. The van der Waals surface area contributed by atoms with Gasteiger partial charge in [-0.05, 0) is 24.3 Å². The van der Waals surface area contributed by atoms with E-state index in [1.165, 1.54) is 24.3 Å². The normalized spacial score (nSPS) is 10.7. The number of aromatic nitrogens is 3. The lowest BCUT2D eigenvalue weighted by Gasteiger charge is -2.12. The summed E-state index contributed by atoms with van der Waals surface area (Å²) in [5, 5.41) is 12.9. The monoisotopic (exact) mass is 399 g/mol. The Labute approximate surface area is 155 Å². The van der Waals surface area contributed by atoms with Crippen LogP contribution in [-0.2, 0) is 0 Å². The Morgan fingerprint density at radius 3 is 2.40 bits per heavy atom. The number of phenols is 1. The van der Waals surface area contributed by atoms with Crippen LogP contribution in [0.5, 0.6) is 17.2 Å². The van der Waals surface area contributed by atoms with E-state index >= 15 is 0 Å². The molecule has 3 aromatic rings. The molecule has 0 saturated carbocycles. The number of nitrogens with zero attached hydrogens (tertiary/aromatic N) is 2. The second kappa shape index (κ2) is 6.79. The molecule has 1 aromatic heterocycles. The molecule has 0 aliphatic rings. The average Bonchev–Trinajstić information content (AvgIpc) is 2.54. The Kier molecular flexibility index (Phi) is 4.71. The third-order valence-corrected chi connectivity index (χ3v) is 3.86. The van der Waals surface area contributed by atoms with Gasteiger partial charge in [0, 0.05) is 6.07 Å². The Balaban J connectivity index is 2.05. The van der Waals surface area contributed by atoms with Crippen LogP contribution in [0.25, 0.3) is 5.69 Å². The number of H-pyrrole nitrogens is 1. The zero-order chi connectivity index (χ0) is 18.1. The first-order valence-corrected chi connectivity index (χ1v) is 7.84. The summed E-state index contributed by atoms with van der Waals surface area (Å²) in [7, 11) is 0. The van der Waals surface area contributed by atoms with Gasteiger partial charge in [-0.3, -0.25) is 9.78 Å². The van der Waals surface area contributed by atoms with E-state index in [1.54, 1.807) is 12.1 Å². The maximum Gasteiger partial charge on any atom is 0.349 e. The van der Waals surface area contributed by atoms with Gasteiger partial charge in [-0.1, -0.05) is 40.9 Å². The first-order valence-electron chi connectivity index (χ1n) is 6.70. The molecule has 2 aromatic carbocycles. The number of halogens is 3. The van der Waals surface area contributed by atoms with E-state index in [0.717, 1.165) is 4.68 Å². The summed E-state index contributed by atoms with van der Waals surface area (Å²) in [5.74, 6) is 0.459. The second-order valence-electron chi connectivity index (χ2n) is 4.80. The lowest BCUT2D eigenvalue weighted by atomic mass is 10.3. The molecule has 0 unspecified atom stereocenters. The lowest BCUT2D eigenvalue weighted by molar-refractivity contribution is 0.455. The van der Waals surface area contributed by atoms with Crippen molar-refractivity contribution in [2.24, 2.45) is 0 Å². The average molecular weight is 401 g/mol. The van der Waals surface area contributed by atoms with Crippen LogP contribution < -0.4 is 16.0 Å². The van der Waals surface area contributed by atoms with E-state index < -0.39 is 16.4 Å². The molecule has 7 nitrogen and oxygen atoms in total. The van der Waals surface area contributed by atoms with Gasteiger partial charge in [-0.15, -0.1) is 5.10 Å². The molecular formula is C15H8Cl3N3O4. The van der Waals surface area contributed by atoms with Crippen molar-refractivity contribution >= 4 is 34.8 Å².